The van der Waals surface area contributed by atoms with Crippen molar-refractivity contribution in [3.05, 3.63) is 155 Å². The minimum Gasteiger partial charge on any atom is -0.478 e. The molecule has 0 radical (unpaired) electrons. The number of fused-ring (bicyclic) bond motifs is 1. The molecule has 1 heterocycles. The number of aryl methyl sites for hydroxylation is 1. The predicted molar refractivity (Wildman–Crippen MR) is 209 cm³/mol. The lowest BCUT2D eigenvalue weighted by Gasteiger charge is -2.28. The Balaban J connectivity index is 1.71. The Hall–Kier alpha value is -5.16. The zero-order valence-electron chi connectivity index (χ0n) is 30.4. The second kappa shape index (κ2) is 14.5. The van der Waals surface area contributed by atoms with Crippen molar-refractivity contribution in [2.45, 2.75) is 60.1 Å². The summed E-state index contributed by atoms with van der Waals surface area (Å²) in [7, 11) is -13.7. The molecule has 4 N–H and O–H groups in total. The van der Waals surface area contributed by atoms with E-state index in [0.717, 1.165) is 5.56 Å². The topological polar surface area (TPSA) is 204 Å². The van der Waals surface area contributed by atoms with Gasteiger partial charge in [-0.3, -0.25) is 13.7 Å². The van der Waals surface area contributed by atoms with Crippen LogP contribution in [0.5, 0.6) is 0 Å². The van der Waals surface area contributed by atoms with Crippen LogP contribution < -0.4 is 4.90 Å². The number of benzene rings is 4. The van der Waals surface area contributed by atoms with Crippen LogP contribution in [0.15, 0.2) is 142 Å². The highest BCUT2D eigenvalue weighted by Gasteiger charge is 2.41. The standard InChI is InChI=1S/C40H39NO11S3/c1-25-10-18-32(54(47,48)49)23-34(25)39(3,4)26(2)11-12-27(28-13-15-29(16-14-28)38(42)43)17-21-37-40(5,6)35-24-33(55(50,51)52)19-20-36(35)41(37)30-8-7-9-31(22-30)53(44,45)46/h7-24H,2H2,1,3-6H3,(H,42,43)(H,44,45,46)(H,47,48,49)(H,50,51,52)/b12-11+,27-17-,37-21+. The molecule has 0 atom stereocenters. The van der Waals surface area contributed by atoms with Gasteiger partial charge in [0.25, 0.3) is 30.4 Å². The maximum absolute atomic E-state index is 12.2. The highest BCUT2D eigenvalue weighted by molar-refractivity contribution is 7.86. The third-order valence-corrected chi connectivity index (χ3v) is 12.3. The number of hydrogen-bond donors (Lipinski definition) is 4. The Labute approximate surface area is 320 Å². The first-order valence-corrected chi connectivity index (χ1v) is 20.9. The smallest absolute Gasteiger partial charge is 0.335 e. The van der Waals surface area contributed by atoms with E-state index < -0.39 is 47.2 Å². The molecule has 0 fully saturated rings. The molecule has 0 aromatic heterocycles. The van der Waals surface area contributed by atoms with E-state index in [-0.39, 0.29) is 20.2 Å². The lowest BCUT2D eigenvalue weighted by atomic mass is 9.76. The normalized spacial score (nSPS) is 15.7. The molecule has 0 spiro atoms. The molecule has 0 saturated heterocycles. The van der Waals surface area contributed by atoms with E-state index in [4.69, 9.17) is 0 Å². The molecule has 12 nitrogen and oxygen atoms in total. The maximum atomic E-state index is 12.2. The van der Waals surface area contributed by atoms with Crippen LogP contribution in [0.25, 0.3) is 5.57 Å². The molecule has 1 aliphatic rings. The molecular formula is C40H39NO11S3. The predicted octanol–water partition coefficient (Wildman–Crippen LogP) is 7.92. The van der Waals surface area contributed by atoms with Gasteiger partial charge in [-0.25, -0.2) is 4.79 Å². The number of carboxylic acids is 1. The molecule has 0 aliphatic carbocycles. The minimum absolute atomic E-state index is 0.0529. The van der Waals surface area contributed by atoms with Crippen LogP contribution in [0.3, 0.4) is 0 Å². The van der Waals surface area contributed by atoms with Crippen LogP contribution in [-0.2, 0) is 41.2 Å². The van der Waals surface area contributed by atoms with Crippen LogP contribution in [0.4, 0.5) is 11.4 Å². The summed E-state index contributed by atoms with van der Waals surface area (Å²) in [5.74, 6) is -1.12. The fraction of sp³-hybridized carbons (Fsp3) is 0.175. The SMILES string of the molecule is C=C(/C=C/C(=C/C=C1/N(c2cccc(S(=O)(=O)O)c2)c2ccc(S(=O)(=O)O)cc2C1(C)C)c1ccc(C(=O)O)cc1)C(C)(C)c1cc(S(=O)(=O)O)ccc1C. The summed E-state index contributed by atoms with van der Waals surface area (Å²) in [6.07, 6.45) is 6.96. The third kappa shape index (κ3) is 8.42. The summed E-state index contributed by atoms with van der Waals surface area (Å²) in [6.45, 7) is 13.4. The highest BCUT2D eigenvalue weighted by atomic mass is 32.2. The summed E-state index contributed by atoms with van der Waals surface area (Å²) in [5, 5.41) is 9.53. The van der Waals surface area contributed by atoms with Crippen molar-refractivity contribution >= 4 is 53.3 Å². The molecular weight excluding hydrogens is 767 g/mol. The van der Waals surface area contributed by atoms with Crippen LogP contribution in [0.2, 0.25) is 0 Å². The van der Waals surface area contributed by atoms with Crippen LogP contribution in [0.1, 0.15) is 60.3 Å². The molecule has 0 saturated carbocycles. The number of hydrogen-bond acceptors (Lipinski definition) is 8. The lowest BCUT2D eigenvalue weighted by Crippen LogP contribution is -2.23. The van der Waals surface area contributed by atoms with Gasteiger partial charge in [0, 0.05) is 22.2 Å². The van der Waals surface area contributed by atoms with Crippen molar-refractivity contribution in [2.24, 2.45) is 0 Å². The highest BCUT2D eigenvalue weighted by Crippen LogP contribution is 2.52. The van der Waals surface area contributed by atoms with Gasteiger partial charge in [-0.2, -0.15) is 25.3 Å². The van der Waals surface area contributed by atoms with Gasteiger partial charge in [0.05, 0.1) is 25.9 Å². The molecule has 15 heteroatoms. The summed E-state index contributed by atoms with van der Waals surface area (Å²) in [4.78, 5) is 12.4. The van der Waals surface area contributed by atoms with Crippen molar-refractivity contribution in [1.29, 1.82) is 0 Å². The van der Waals surface area contributed by atoms with Gasteiger partial charge < -0.3 is 10.0 Å². The van der Waals surface area contributed by atoms with Gasteiger partial charge in [0.2, 0.25) is 0 Å². The fourth-order valence-electron chi connectivity index (χ4n) is 6.49. The number of nitrogens with zero attached hydrogens (tertiary/aromatic N) is 1. The summed E-state index contributed by atoms with van der Waals surface area (Å²) >= 11 is 0. The monoisotopic (exact) mass is 805 g/mol. The minimum atomic E-state index is -4.61. The second-order valence-corrected chi connectivity index (χ2v) is 18.3. The van der Waals surface area contributed by atoms with Gasteiger partial charge in [-0.05, 0) is 107 Å². The lowest BCUT2D eigenvalue weighted by molar-refractivity contribution is 0.0696. The number of rotatable bonds is 11. The van der Waals surface area contributed by atoms with E-state index >= 15 is 0 Å². The van der Waals surface area contributed by atoms with Crippen LogP contribution in [0, 0.1) is 6.92 Å². The largest absolute Gasteiger partial charge is 0.478 e. The van der Waals surface area contributed by atoms with Crippen molar-refractivity contribution in [3.63, 3.8) is 0 Å². The van der Waals surface area contributed by atoms with E-state index in [1.165, 1.54) is 60.7 Å². The summed E-state index contributed by atoms with van der Waals surface area (Å²) < 4.78 is 102. The van der Waals surface area contributed by atoms with E-state index in [9.17, 15) is 48.8 Å². The fourth-order valence-corrected chi connectivity index (χ4v) is 8.02. The van der Waals surface area contributed by atoms with Gasteiger partial charge in [0.1, 0.15) is 0 Å². The maximum Gasteiger partial charge on any atom is 0.335 e. The summed E-state index contributed by atoms with van der Waals surface area (Å²) in [6, 6.07) is 20.0. The molecule has 0 unspecified atom stereocenters. The van der Waals surface area contributed by atoms with Crippen LogP contribution >= 0.6 is 0 Å². The molecule has 4 aromatic rings. The zero-order chi connectivity index (χ0) is 40.9. The van der Waals surface area contributed by atoms with Crippen molar-refractivity contribution in [2.75, 3.05) is 4.90 Å². The molecule has 0 bridgehead atoms. The van der Waals surface area contributed by atoms with E-state index in [1.807, 2.05) is 27.7 Å². The number of carboxylic acid groups (broad SMARTS) is 1. The average Bonchev–Trinajstić information content (AvgIpc) is 3.32. The Bertz CT molecular complexity index is 2670. The quantitative estimate of drug-likeness (QED) is 0.0843. The summed E-state index contributed by atoms with van der Waals surface area (Å²) in [5.41, 5.74) is 3.13. The molecule has 5 rings (SSSR count). The first kappa shape index (κ1) is 41.0. The third-order valence-electron chi connectivity index (χ3n) is 9.77. The first-order valence-electron chi connectivity index (χ1n) is 16.6. The number of aromatic carboxylic acids is 1. The van der Waals surface area contributed by atoms with E-state index in [1.54, 1.807) is 60.4 Å². The van der Waals surface area contributed by atoms with Crippen LogP contribution in [-0.4, -0.2) is 50.0 Å². The molecule has 55 heavy (non-hydrogen) atoms. The van der Waals surface area contributed by atoms with Crippen molar-refractivity contribution in [3.8, 4) is 0 Å². The second-order valence-electron chi connectivity index (χ2n) is 14.1. The van der Waals surface area contributed by atoms with Gasteiger partial charge in [-0.1, -0.05) is 76.8 Å². The average molecular weight is 806 g/mol. The van der Waals surface area contributed by atoms with Crippen molar-refractivity contribution in [1.82, 2.24) is 0 Å². The van der Waals surface area contributed by atoms with E-state index in [0.29, 0.717) is 44.9 Å². The molecule has 288 valence electrons. The van der Waals surface area contributed by atoms with Gasteiger partial charge in [0.15, 0.2) is 0 Å². The Morgan fingerprint density at radius 1 is 0.745 bits per heavy atom. The van der Waals surface area contributed by atoms with Crippen molar-refractivity contribution < 1.29 is 48.8 Å². The number of allylic oxidation sites excluding steroid dienone is 7. The molecule has 0 amide bonds. The number of anilines is 2. The first-order chi connectivity index (χ1) is 25.3. The molecule has 1 aliphatic heterocycles. The Morgan fingerprint density at radius 3 is 1.87 bits per heavy atom. The van der Waals surface area contributed by atoms with Gasteiger partial charge >= 0.3 is 5.97 Å². The Morgan fingerprint density at radius 2 is 1.29 bits per heavy atom. The number of carbonyl (C=O) groups is 1. The van der Waals surface area contributed by atoms with Gasteiger partial charge in [-0.15, -0.1) is 0 Å². The Kier molecular flexibility index (Phi) is 10.8. The van der Waals surface area contributed by atoms with E-state index in [2.05, 4.69) is 6.58 Å². The zero-order valence-corrected chi connectivity index (χ0v) is 32.9. The molecule has 4 aromatic carbocycles.